The molecule has 2 rings (SSSR count). The molecule has 0 saturated heterocycles. The maximum Gasteiger partial charge on any atom is 0.413 e. The van der Waals surface area contributed by atoms with Gasteiger partial charge in [-0.1, -0.05) is 6.07 Å². The van der Waals surface area contributed by atoms with Gasteiger partial charge in [0.05, 0.1) is 12.6 Å². The standard InChI is InChI=1S/C14H17N3O3/c1-14(2,3)20-13(18)17-11-5-4-10(9-16-11)8-12-15-6-7-19-12/h4-7,9H,8H2,1-3H3,(H,16,17,18). The van der Waals surface area contributed by atoms with Gasteiger partial charge < -0.3 is 9.15 Å². The zero-order valence-corrected chi connectivity index (χ0v) is 11.7. The molecular formula is C14H17N3O3. The molecule has 0 saturated carbocycles. The largest absolute Gasteiger partial charge is 0.449 e. The van der Waals surface area contributed by atoms with Crippen LogP contribution in [0.3, 0.4) is 0 Å². The van der Waals surface area contributed by atoms with Gasteiger partial charge in [0.1, 0.15) is 17.7 Å². The number of nitrogens with one attached hydrogen (secondary N) is 1. The minimum Gasteiger partial charge on any atom is -0.449 e. The summed E-state index contributed by atoms with van der Waals surface area (Å²) in [5, 5.41) is 2.57. The highest BCUT2D eigenvalue weighted by molar-refractivity contribution is 5.83. The first-order chi connectivity index (χ1) is 9.42. The van der Waals surface area contributed by atoms with Crippen LogP contribution in [0.5, 0.6) is 0 Å². The van der Waals surface area contributed by atoms with Crippen molar-refractivity contribution in [3.05, 3.63) is 42.2 Å². The average molecular weight is 275 g/mol. The summed E-state index contributed by atoms with van der Waals surface area (Å²) < 4.78 is 10.3. The van der Waals surface area contributed by atoms with E-state index in [9.17, 15) is 4.79 Å². The SMILES string of the molecule is CC(C)(C)OC(=O)Nc1ccc(Cc2ncco2)cn1. The summed E-state index contributed by atoms with van der Waals surface area (Å²) >= 11 is 0. The fourth-order valence-corrected chi connectivity index (χ4v) is 1.53. The van der Waals surface area contributed by atoms with Crippen LogP contribution in [0, 0.1) is 0 Å². The smallest absolute Gasteiger partial charge is 0.413 e. The normalized spacial score (nSPS) is 11.2. The summed E-state index contributed by atoms with van der Waals surface area (Å²) in [6.07, 6.45) is 4.83. The Morgan fingerprint density at radius 1 is 1.35 bits per heavy atom. The van der Waals surface area contributed by atoms with E-state index in [0.717, 1.165) is 5.56 Å². The van der Waals surface area contributed by atoms with Gasteiger partial charge >= 0.3 is 6.09 Å². The summed E-state index contributed by atoms with van der Waals surface area (Å²) in [7, 11) is 0. The second-order valence-electron chi connectivity index (χ2n) is 5.28. The van der Waals surface area contributed by atoms with E-state index in [4.69, 9.17) is 9.15 Å². The van der Waals surface area contributed by atoms with Crippen molar-refractivity contribution in [2.24, 2.45) is 0 Å². The Labute approximate surface area is 117 Å². The molecule has 0 aliphatic heterocycles. The Hall–Kier alpha value is -2.37. The lowest BCUT2D eigenvalue weighted by molar-refractivity contribution is 0.0635. The third-order valence-electron chi connectivity index (χ3n) is 2.29. The van der Waals surface area contributed by atoms with Gasteiger partial charge in [0.15, 0.2) is 5.89 Å². The Morgan fingerprint density at radius 3 is 2.70 bits per heavy atom. The quantitative estimate of drug-likeness (QED) is 0.931. The minimum atomic E-state index is -0.533. The maximum absolute atomic E-state index is 11.6. The van der Waals surface area contributed by atoms with Crippen molar-refractivity contribution in [3.8, 4) is 0 Å². The summed E-state index contributed by atoms with van der Waals surface area (Å²) in [5.74, 6) is 1.06. The number of oxazole rings is 1. The molecule has 106 valence electrons. The Bertz CT molecular complexity index is 556. The van der Waals surface area contributed by atoms with Gasteiger partial charge in [0, 0.05) is 6.20 Å². The number of pyridine rings is 1. The van der Waals surface area contributed by atoms with Crippen LogP contribution >= 0.6 is 0 Å². The van der Waals surface area contributed by atoms with Crippen LogP contribution in [-0.4, -0.2) is 21.7 Å². The first kappa shape index (κ1) is 14.0. The van der Waals surface area contributed by atoms with Crippen molar-refractivity contribution in [2.45, 2.75) is 32.8 Å². The van der Waals surface area contributed by atoms with E-state index in [0.29, 0.717) is 18.1 Å². The Morgan fingerprint density at radius 2 is 2.15 bits per heavy atom. The highest BCUT2D eigenvalue weighted by Gasteiger charge is 2.16. The summed E-state index contributed by atoms with van der Waals surface area (Å²) in [4.78, 5) is 19.8. The molecule has 2 heterocycles. The number of amides is 1. The number of rotatable bonds is 3. The van der Waals surface area contributed by atoms with Crippen LogP contribution in [-0.2, 0) is 11.2 Å². The van der Waals surface area contributed by atoms with E-state index in [1.165, 1.54) is 6.26 Å². The molecule has 0 atom stereocenters. The van der Waals surface area contributed by atoms with Crippen LogP contribution < -0.4 is 5.32 Å². The van der Waals surface area contributed by atoms with E-state index < -0.39 is 11.7 Å². The van der Waals surface area contributed by atoms with E-state index in [2.05, 4.69) is 15.3 Å². The zero-order valence-electron chi connectivity index (χ0n) is 11.7. The molecule has 0 aliphatic carbocycles. The van der Waals surface area contributed by atoms with Crippen LogP contribution in [0.1, 0.15) is 32.2 Å². The lowest BCUT2D eigenvalue weighted by atomic mass is 10.2. The summed E-state index contributed by atoms with van der Waals surface area (Å²) in [6.45, 7) is 5.42. The monoisotopic (exact) mass is 275 g/mol. The second kappa shape index (κ2) is 5.73. The first-order valence-corrected chi connectivity index (χ1v) is 6.26. The molecule has 0 aromatic carbocycles. The molecule has 6 heteroatoms. The van der Waals surface area contributed by atoms with Crippen molar-refractivity contribution in [3.63, 3.8) is 0 Å². The van der Waals surface area contributed by atoms with Gasteiger partial charge in [-0.15, -0.1) is 0 Å². The summed E-state index contributed by atoms with van der Waals surface area (Å²) in [6, 6.07) is 3.56. The van der Waals surface area contributed by atoms with Gasteiger partial charge in [-0.05, 0) is 32.4 Å². The highest BCUT2D eigenvalue weighted by atomic mass is 16.6. The van der Waals surface area contributed by atoms with E-state index in [1.807, 2.05) is 6.07 Å². The van der Waals surface area contributed by atoms with Crippen LogP contribution in [0.15, 0.2) is 35.2 Å². The van der Waals surface area contributed by atoms with E-state index in [-0.39, 0.29) is 0 Å². The molecule has 0 fully saturated rings. The molecule has 20 heavy (non-hydrogen) atoms. The van der Waals surface area contributed by atoms with Crippen molar-refractivity contribution in [1.29, 1.82) is 0 Å². The van der Waals surface area contributed by atoms with Crippen LogP contribution in [0.2, 0.25) is 0 Å². The van der Waals surface area contributed by atoms with Gasteiger partial charge in [0.2, 0.25) is 0 Å². The number of carbonyl (C=O) groups is 1. The fourth-order valence-electron chi connectivity index (χ4n) is 1.53. The second-order valence-corrected chi connectivity index (χ2v) is 5.28. The molecule has 0 aliphatic rings. The van der Waals surface area contributed by atoms with Crippen LogP contribution in [0.4, 0.5) is 10.6 Å². The minimum absolute atomic E-state index is 0.440. The third kappa shape index (κ3) is 4.38. The molecule has 0 radical (unpaired) electrons. The van der Waals surface area contributed by atoms with Crippen molar-refractivity contribution < 1.29 is 13.9 Å². The van der Waals surface area contributed by atoms with Crippen molar-refractivity contribution in [1.82, 2.24) is 9.97 Å². The molecule has 0 unspecified atom stereocenters. The number of aromatic nitrogens is 2. The molecule has 2 aromatic rings. The molecule has 6 nitrogen and oxygen atoms in total. The van der Waals surface area contributed by atoms with E-state index in [1.54, 1.807) is 39.2 Å². The maximum atomic E-state index is 11.6. The lowest BCUT2D eigenvalue weighted by Gasteiger charge is -2.19. The Kier molecular flexibility index (Phi) is 4.02. The lowest BCUT2D eigenvalue weighted by Crippen LogP contribution is -2.27. The Balaban J connectivity index is 1.93. The zero-order chi connectivity index (χ0) is 14.6. The van der Waals surface area contributed by atoms with Crippen LogP contribution in [0.25, 0.3) is 0 Å². The number of hydrogen-bond acceptors (Lipinski definition) is 5. The predicted octanol–water partition coefficient (Wildman–Crippen LogP) is 3.01. The number of ether oxygens (including phenoxy) is 1. The first-order valence-electron chi connectivity index (χ1n) is 6.26. The number of nitrogens with zero attached hydrogens (tertiary/aromatic N) is 2. The number of carbonyl (C=O) groups excluding carboxylic acids is 1. The number of hydrogen-bond donors (Lipinski definition) is 1. The molecular weight excluding hydrogens is 258 g/mol. The van der Waals surface area contributed by atoms with Crippen molar-refractivity contribution in [2.75, 3.05) is 5.32 Å². The molecule has 1 N–H and O–H groups in total. The van der Waals surface area contributed by atoms with Gasteiger partial charge in [-0.2, -0.15) is 0 Å². The average Bonchev–Trinajstić information content (AvgIpc) is 2.82. The molecule has 0 spiro atoms. The highest BCUT2D eigenvalue weighted by Crippen LogP contribution is 2.12. The third-order valence-corrected chi connectivity index (χ3v) is 2.29. The van der Waals surface area contributed by atoms with Gasteiger partial charge in [-0.3, -0.25) is 5.32 Å². The van der Waals surface area contributed by atoms with E-state index >= 15 is 0 Å². The predicted molar refractivity (Wildman–Crippen MR) is 73.4 cm³/mol. The molecule has 1 amide bonds. The summed E-state index contributed by atoms with van der Waals surface area (Å²) in [5.41, 5.74) is 0.414. The molecule has 0 bridgehead atoms. The fraction of sp³-hybridized carbons (Fsp3) is 0.357. The van der Waals surface area contributed by atoms with Gasteiger partial charge in [0.25, 0.3) is 0 Å². The topological polar surface area (TPSA) is 77.2 Å². The van der Waals surface area contributed by atoms with Gasteiger partial charge in [-0.25, -0.2) is 14.8 Å². The molecule has 2 aromatic heterocycles. The van der Waals surface area contributed by atoms with Crippen molar-refractivity contribution >= 4 is 11.9 Å². The number of anilines is 1.